The van der Waals surface area contributed by atoms with E-state index < -0.39 is 38.6 Å². The van der Waals surface area contributed by atoms with Gasteiger partial charge in [-0.1, -0.05) is 12.1 Å². The molecule has 0 aliphatic heterocycles. The first-order valence-corrected chi connectivity index (χ1v) is 11.2. The van der Waals surface area contributed by atoms with Gasteiger partial charge in [-0.3, -0.25) is 4.79 Å². The van der Waals surface area contributed by atoms with Gasteiger partial charge in [0.1, 0.15) is 0 Å². The van der Waals surface area contributed by atoms with Gasteiger partial charge in [0.05, 0.1) is 21.5 Å². The Morgan fingerprint density at radius 3 is 2.55 bits per heavy atom. The zero-order valence-electron chi connectivity index (χ0n) is 15.9. The fraction of sp³-hybridized carbons (Fsp3) is 0.444. The molecule has 0 aliphatic rings. The predicted octanol–water partition coefficient (Wildman–Crippen LogP) is 3.28. The Labute approximate surface area is 171 Å². The van der Waals surface area contributed by atoms with Crippen molar-refractivity contribution in [2.75, 3.05) is 6.54 Å². The highest BCUT2D eigenvalue weighted by molar-refractivity contribution is 7.89. The molecule has 0 saturated heterocycles. The van der Waals surface area contributed by atoms with Gasteiger partial charge in [-0.05, 0) is 45.2 Å². The lowest BCUT2D eigenvalue weighted by Gasteiger charge is -2.17. The van der Waals surface area contributed by atoms with Gasteiger partial charge < -0.3 is 5.32 Å². The van der Waals surface area contributed by atoms with Crippen LogP contribution in [0.4, 0.5) is 13.2 Å². The second kappa shape index (κ2) is 9.68. The number of carbonyl (C=O) groups is 1. The lowest BCUT2D eigenvalue weighted by Crippen LogP contribution is -2.45. The molecule has 0 fully saturated rings. The van der Waals surface area contributed by atoms with Crippen LogP contribution in [0.1, 0.15) is 36.0 Å². The van der Waals surface area contributed by atoms with Crippen LogP contribution in [0.5, 0.6) is 0 Å². The summed E-state index contributed by atoms with van der Waals surface area (Å²) in [5, 5.41) is 5.56. The zero-order valence-corrected chi connectivity index (χ0v) is 17.5. The van der Waals surface area contributed by atoms with Gasteiger partial charge in [0.2, 0.25) is 15.9 Å². The molecule has 1 heterocycles. The van der Waals surface area contributed by atoms with Crippen molar-refractivity contribution in [3.05, 3.63) is 45.9 Å². The summed E-state index contributed by atoms with van der Waals surface area (Å²) < 4.78 is 65.9. The molecule has 0 radical (unpaired) electrons. The average molecular weight is 450 g/mol. The van der Waals surface area contributed by atoms with Crippen LogP contribution < -0.4 is 10.0 Å². The monoisotopic (exact) mass is 449 g/mol. The maximum atomic E-state index is 13.1. The summed E-state index contributed by atoms with van der Waals surface area (Å²) >= 11 is 1.57. The number of benzene rings is 1. The first-order chi connectivity index (χ1) is 13.5. The molecule has 0 aliphatic carbocycles. The number of sulfonamides is 1. The van der Waals surface area contributed by atoms with Gasteiger partial charge in [0.25, 0.3) is 0 Å². The van der Waals surface area contributed by atoms with Crippen LogP contribution in [-0.4, -0.2) is 31.9 Å². The number of amides is 1. The van der Waals surface area contributed by atoms with Gasteiger partial charge in [0.15, 0.2) is 0 Å². The molecular formula is C18H22F3N3O3S2. The molecule has 1 atom stereocenters. The van der Waals surface area contributed by atoms with Gasteiger partial charge in [0, 0.05) is 17.6 Å². The number of nitrogens with one attached hydrogen (secondary N) is 2. The Hall–Kier alpha value is -1.98. The molecule has 0 saturated carbocycles. The summed E-state index contributed by atoms with van der Waals surface area (Å²) in [4.78, 5) is 15.5. The highest BCUT2D eigenvalue weighted by Crippen LogP contribution is 2.33. The van der Waals surface area contributed by atoms with Crippen LogP contribution in [0.2, 0.25) is 0 Å². The van der Waals surface area contributed by atoms with E-state index in [0.29, 0.717) is 19.0 Å². The second-order valence-electron chi connectivity index (χ2n) is 6.47. The number of aryl methyl sites for hydroxylation is 2. The highest BCUT2D eigenvalue weighted by Gasteiger charge is 2.37. The molecular weight excluding hydrogens is 427 g/mol. The third-order valence-electron chi connectivity index (χ3n) is 3.99. The maximum Gasteiger partial charge on any atom is 0.417 e. The number of hydrogen-bond donors (Lipinski definition) is 2. The number of thiazole rings is 1. The van der Waals surface area contributed by atoms with Crippen LogP contribution in [0.25, 0.3) is 0 Å². The fourth-order valence-corrected chi connectivity index (χ4v) is 4.82. The molecule has 1 aromatic carbocycles. The third kappa shape index (κ3) is 6.79. The Morgan fingerprint density at radius 2 is 1.93 bits per heavy atom. The summed E-state index contributed by atoms with van der Waals surface area (Å²) in [6, 6.07) is 2.62. The standard InChI is InChI=1S/C18H22F3N3O3S2/c1-12-11-28-16(23-12)9-5-6-10-22-17(25)13(2)24-29(26,27)15-8-4-3-7-14(15)18(19,20)21/h3-4,7-8,11,13,24H,5-6,9-10H2,1-2H3,(H,22,25)/t13-/m0/s1. The van der Waals surface area contributed by atoms with Gasteiger partial charge in [-0.15, -0.1) is 11.3 Å². The second-order valence-corrected chi connectivity index (χ2v) is 9.09. The number of carbonyl (C=O) groups excluding carboxylic acids is 1. The van der Waals surface area contributed by atoms with Crippen LogP contribution in [0, 0.1) is 6.92 Å². The fourth-order valence-electron chi connectivity index (χ4n) is 2.57. The molecule has 1 amide bonds. The summed E-state index contributed by atoms with van der Waals surface area (Å²) in [6.07, 6.45) is -2.58. The number of aromatic nitrogens is 1. The molecule has 0 spiro atoms. The van der Waals surface area contributed by atoms with E-state index >= 15 is 0 Å². The number of rotatable bonds is 9. The van der Waals surface area contributed by atoms with Gasteiger partial charge in [-0.2, -0.15) is 17.9 Å². The molecule has 2 aromatic rings. The molecule has 11 heteroatoms. The number of halogens is 3. The summed E-state index contributed by atoms with van der Waals surface area (Å²) in [7, 11) is -4.53. The minimum atomic E-state index is -4.83. The Morgan fingerprint density at radius 1 is 1.24 bits per heavy atom. The number of unbranched alkanes of at least 4 members (excludes halogenated alkanes) is 1. The van der Waals surface area contributed by atoms with E-state index in [-0.39, 0.29) is 0 Å². The summed E-state index contributed by atoms with van der Waals surface area (Å²) in [5.41, 5.74) is -0.316. The minimum Gasteiger partial charge on any atom is -0.355 e. The van der Waals surface area contributed by atoms with E-state index in [1.54, 1.807) is 11.3 Å². The van der Waals surface area contributed by atoms with Crippen molar-refractivity contribution < 1.29 is 26.4 Å². The summed E-state index contributed by atoms with van der Waals surface area (Å²) in [5.74, 6) is -0.608. The molecule has 6 nitrogen and oxygen atoms in total. The Kier molecular flexibility index (Phi) is 7.78. The van der Waals surface area contributed by atoms with E-state index in [9.17, 15) is 26.4 Å². The molecule has 29 heavy (non-hydrogen) atoms. The molecule has 160 valence electrons. The van der Waals surface area contributed by atoms with Crippen molar-refractivity contribution in [1.82, 2.24) is 15.0 Å². The number of hydrogen-bond acceptors (Lipinski definition) is 5. The van der Waals surface area contributed by atoms with Gasteiger partial charge >= 0.3 is 6.18 Å². The van der Waals surface area contributed by atoms with Crippen molar-refractivity contribution in [3.8, 4) is 0 Å². The average Bonchev–Trinajstić information content (AvgIpc) is 3.05. The molecule has 2 rings (SSSR count). The molecule has 0 bridgehead atoms. The van der Waals surface area contributed by atoms with Crippen molar-refractivity contribution in [3.63, 3.8) is 0 Å². The number of nitrogens with zero attached hydrogens (tertiary/aromatic N) is 1. The maximum absolute atomic E-state index is 13.1. The van der Waals surface area contributed by atoms with Crippen molar-refractivity contribution in [2.45, 2.75) is 50.2 Å². The number of alkyl halides is 3. The van der Waals surface area contributed by atoms with E-state index in [1.807, 2.05) is 17.0 Å². The quantitative estimate of drug-likeness (QED) is 0.575. The van der Waals surface area contributed by atoms with Crippen LogP contribution in [0.3, 0.4) is 0 Å². The van der Waals surface area contributed by atoms with Crippen LogP contribution in [-0.2, 0) is 27.4 Å². The SMILES string of the molecule is Cc1csc(CCCCNC(=O)[C@H](C)NS(=O)(=O)c2ccccc2C(F)(F)F)n1. The zero-order chi connectivity index (χ0) is 21.7. The Balaban J connectivity index is 1.87. The minimum absolute atomic E-state index is 0.328. The Bertz CT molecular complexity index is 943. The molecule has 2 N–H and O–H groups in total. The smallest absolute Gasteiger partial charge is 0.355 e. The van der Waals surface area contributed by atoms with E-state index in [1.165, 1.54) is 13.0 Å². The lowest BCUT2D eigenvalue weighted by molar-refractivity contribution is -0.139. The third-order valence-corrected chi connectivity index (χ3v) is 6.62. The molecule has 0 unspecified atom stereocenters. The van der Waals surface area contributed by atoms with E-state index in [0.717, 1.165) is 35.7 Å². The van der Waals surface area contributed by atoms with E-state index in [2.05, 4.69) is 10.3 Å². The highest BCUT2D eigenvalue weighted by atomic mass is 32.2. The van der Waals surface area contributed by atoms with Gasteiger partial charge in [-0.25, -0.2) is 13.4 Å². The first kappa shape index (κ1) is 23.3. The lowest BCUT2D eigenvalue weighted by atomic mass is 10.2. The van der Waals surface area contributed by atoms with Crippen LogP contribution in [0.15, 0.2) is 34.5 Å². The largest absolute Gasteiger partial charge is 0.417 e. The van der Waals surface area contributed by atoms with Crippen molar-refractivity contribution in [1.29, 1.82) is 0 Å². The summed E-state index contributed by atoms with van der Waals surface area (Å²) in [6.45, 7) is 3.52. The molecule has 1 aromatic heterocycles. The van der Waals surface area contributed by atoms with Crippen molar-refractivity contribution in [2.24, 2.45) is 0 Å². The topological polar surface area (TPSA) is 88.2 Å². The van der Waals surface area contributed by atoms with Crippen LogP contribution >= 0.6 is 11.3 Å². The first-order valence-electron chi connectivity index (χ1n) is 8.88. The van der Waals surface area contributed by atoms with E-state index in [4.69, 9.17) is 0 Å². The van der Waals surface area contributed by atoms with Crippen molar-refractivity contribution >= 4 is 27.3 Å². The normalized spacial score (nSPS) is 13.3. The predicted molar refractivity (Wildman–Crippen MR) is 104 cm³/mol.